The van der Waals surface area contributed by atoms with Gasteiger partial charge >= 0.3 is 5.97 Å². The van der Waals surface area contributed by atoms with Gasteiger partial charge in [0.05, 0.1) is 18.3 Å². The first-order chi connectivity index (χ1) is 13.5. The van der Waals surface area contributed by atoms with Crippen molar-refractivity contribution < 1.29 is 14.6 Å². The number of thioether (sulfide) groups is 1. The van der Waals surface area contributed by atoms with Gasteiger partial charge in [0.1, 0.15) is 10.9 Å². The molecule has 144 valence electrons. The van der Waals surface area contributed by atoms with E-state index in [1.165, 1.54) is 0 Å². The molecule has 0 bridgehead atoms. The molecule has 4 rings (SSSR count). The highest BCUT2D eigenvalue weighted by atomic mass is 35.5. The number of fused-ring (bicyclic) bond motifs is 1. The van der Waals surface area contributed by atoms with E-state index in [2.05, 4.69) is 0 Å². The number of rotatable bonds is 5. The number of carboxylic acids is 1. The zero-order valence-electron chi connectivity index (χ0n) is 14.8. The largest absolute Gasteiger partial charge is 0.477 e. The number of methoxy groups -OCH3 is 1. The van der Waals surface area contributed by atoms with Crippen molar-refractivity contribution in [3.63, 3.8) is 0 Å². The summed E-state index contributed by atoms with van der Waals surface area (Å²) >= 11 is 13.3. The number of hydrogen-bond donors (Lipinski definition) is 1. The molecule has 0 fully saturated rings. The summed E-state index contributed by atoms with van der Waals surface area (Å²) in [5, 5.41) is 11.6. The molecule has 0 amide bonds. The zero-order chi connectivity index (χ0) is 19.8. The van der Waals surface area contributed by atoms with Crippen molar-refractivity contribution in [2.75, 3.05) is 13.7 Å². The first-order valence-electron chi connectivity index (χ1n) is 8.51. The molecule has 0 aliphatic carbocycles. The second-order valence-corrected chi connectivity index (χ2v) is 8.24. The Balaban J connectivity index is 1.83. The number of aliphatic carboxylic acids is 1. The van der Waals surface area contributed by atoms with Crippen molar-refractivity contribution in [2.24, 2.45) is 4.99 Å². The van der Waals surface area contributed by atoms with Crippen molar-refractivity contribution >= 4 is 46.1 Å². The second-order valence-electron chi connectivity index (χ2n) is 6.39. The summed E-state index contributed by atoms with van der Waals surface area (Å²) in [7, 11) is 1.55. The van der Waals surface area contributed by atoms with Gasteiger partial charge in [0.25, 0.3) is 0 Å². The van der Waals surface area contributed by atoms with Gasteiger partial charge in [-0.15, -0.1) is 0 Å². The molecule has 5 nitrogen and oxygen atoms in total. The minimum atomic E-state index is -0.980. The molecule has 2 aromatic carbocycles. The van der Waals surface area contributed by atoms with Gasteiger partial charge in [0.15, 0.2) is 5.17 Å². The minimum Gasteiger partial charge on any atom is -0.477 e. The smallest absolute Gasteiger partial charge is 0.344 e. The number of benzene rings is 2. The highest BCUT2D eigenvalue weighted by Crippen LogP contribution is 2.51. The zero-order valence-corrected chi connectivity index (χ0v) is 17.1. The number of amidine groups is 1. The van der Waals surface area contributed by atoms with Crippen LogP contribution in [0.4, 0.5) is 0 Å². The van der Waals surface area contributed by atoms with E-state index in [9.17, 15) is 9.90 Å². The van der Waals surface area contributed by atoms with Crippen LogP contribution in [0.2, 0.25) is 10.0 Å². The maximum atomic E-state index is 11.7. The summed E-state index contributed by atoms with van der Waals surface area (Å²) in [6.07, 6.45) is 0. The summed E-state index contributed by atoms with van der Waals surface area (Å²) in [6, 6.07) is 14.7. The van der Waals surface area contributed by atoms with Crippen molar-refractivity contribution in [3.8, 4) is 0 Å². The minimum absolute atomic E-state index is 0.186. The Labute approximate surface area is 176 Å². The van der Waals surface area contributed by atoms with Crippen molar-refractivity contribution in [2.45, 2.75) is 12.1 Å². The SMILES string of the molecule is COCC1=C(C(=O)O)SC2=N[C@@H](c3ccc(Cl)cc3)[C@@H](c3ccc(Cl)cc3)N21. The van der Waals surface area contributed by atoms with E-state index in [4.69, 9.17) is 32.9 Å². The van der Waals surface area contributed by atoms with Gasteiger partial charge in [0.2, 0.25) is 0 Å². The van der Waals surface area contributed by atoms with Crippen LogP contribution < -0.4 is 0 Å². The Morgan fingerprint density at radius 3 is 2.21 bits per heavy atom. The third-order valence-corrected chi connectivity index (χ3v) is 6.28. The standard InChI is InChI=1S/C20H16Cl2N2O3S/c1-27-10-15-18(19(25)26)28-20-23-16(11-2-6-13(21)7-3-11)17(24(15)20)12-4-8-14(22)9-5-12/h2-9,16-17H,10H2,1H3,(H,25,26)/t16-,17+/m0/s1. The number of nitrogens with zero attached hydrogens (tertiary/aromatic N) is 2. The highest BCUT2D eigenvalue weighted by Gasteiger charge is 2.46. The van der Waals surface area contributed by atoms with E-state index in [-0.39, 0.29) is 23.6 Å². The Morgan fingerprint density at radius 2 is 1.68 bits per heavy atom. The molecule has 28 heavy (non-hydrogen) atoms. The molecule has 0 radical (unpaired) electrons. The third kappa shape index (κ3) is 3.42. The molecule has 8 heteroatoms. The summed E-state index contributed by atoms with van der Waals surface area (Å²) < 4.78 is 5.30. The van der Waals surface area contributed by atoms with E-state index in [0.29, 0.717) is 20.9 Å². The van der Waals surface area contributed by atoms with Gasteiger partial charge < -0.3 is 14.7 Å². The van der Waals surface area contributed by atoms with E-state index >= 15 is 0 Å². The van der Waals surface area contributed by atoms with Gasteiger partial charge in [-0.2, -0.15) is 0 Å². The van der Waals surface area contributed by atoms with E-state index in [0.717, 1.165) is 22.9 Å². The fourth-order valence-electron chi connectivity index (χ4n) is 3.48. The van der Waals surface area contributed by atoms with Gasteiger partial charge in [0, 0.05) is 17.2 Å². The molecule has 0 spiro atoms. The van der Waals surface area contributed by atoms with Crippen LogP contribution in [0.15, 0.2) is 64.1 Å². The maximum absolute atomic E-state index is 11.7. The van der Waals surface area contributed by atoms with Crippen LogP contribution in [-0.4, -0.2) is 34.9 Å². The predicted octanol–water partition coefficient (Wildman–Crippen LogP) is 5.14. The lowest BCUT2D eigenvalue weighted by molar-refractivity contribution is -0.131. The molecular formula is C20H16Cl2N2O3S. The lowest BCUT2D eigenvalue weighted by atomic mass is 9.93. The average molecular weight is 435 g/mol. The number of hydrogen-bond acceptors (Lipinski definition) is 5. The van der Waals surface area contributed by atoms with E-state index in [1.54, 1.807) is 7.11 Å². The number of aliphatic imine (C=N–C) groups is 1. The first-order valence-corrected chi connectivity index (χ1v) is 10.1. The van der Waals surface area contributed by atoms with Gasteiger partial charge in [-0.25, -0.2) is 4.79 Å². The Kier molecular flexibility index (Phi) is 5.38. The summed E-state index contributed by atoms with van der Waals surface area (Å²) in [6.45, 7) is 0.186. The van der Waals surface area contributed by atoms with Crippen LogP contribution >= 0.6 is 35.0 Å². The van der Waals surface area contributed by atoms with Crippen LogP contribution in [0.1, 0.15) is 23.2 Å². The second kappa shape index (κ2) is 7.79. The lowest BCUT2D eigenvalue weighted by Crippen LogP contribution is -2.29. The Bertz CT molecular complexity index is 974. The summed E-state index contributed by atoms with van der Waals surface area (Å²) in [5.41, 5.74) is 2.60. The van der Waals surface area contributed by atoms with Crippen LogP contribution in [0, 0.1) is 0 Å². The van der Waals surface area contributed by atoms with E-state index in [1.807, 2.05) is 53.4 Å². The van der Waals surface area contributed by atoms with Gasteiger partial charge in [-0.1, -0.05) is 47.5 Å². The highest BCUT2D eigenvalue weighted by molar-refractivity contribution is 8.18. The molecule has 0 saturated heterocycles. The third-order valence-electron chi connectivity index (χ3n) is 4.68. The van der Waals surface area contributed by atoms with Crippen LogP contribution in [0.3, 0.4) is 0 Å². The molecule has 0 aromatic heterocycles. The fourth-order valence-corrected chi connectivity index (χ4v) is 4.76. The van der Waals surface area contributed by atoms with Gasteiger partial charge in [-0.3, -0.25) is 4.99 Å². The normalized spacial score (nSPS) is 21.1. The quantitative estimate of drug-likeness (QED) is 0.705. The Morgan fingerprint density at radius 1 is 1.11 bits per heavy atom. The molecule has 2 aromatic rings. The number of ether oxygens (including phenoxy) is 1. The Hall–Kier alpha value is -1.99. The van der Waals surface area contributed by atoms with Crippen molar-refractivity contribution in [3.05, 3.63) is 80.3 Å². The molecule has 2 aliphatic rings. The molecular weight excluding hydrogens is 419 g/mol. The van der Waals surface area contributed by atoms with Gasteiger partial charge in [-0.05, 0) is 47.2 Å². The molecule has 0 saturated carbocycles. The molecule has 2 aliphatic heterocycles. The van der Waals surface area contributed by atoms with E-state index < -0.39 is 5.97 Å². The van der Waals surface area contributed by atoms with Crippen molar-refractivity contribution in [1.29, 1.82) is 0 Å². The van der Waals surface area contributed by atoms with Crippen LogP contribution in [-0.2, 0) is 9.53 Å². The molecule has 1 N–H and O–H groups in total. The number of carboxylic acid groups (broad SMARTS) is 1. The predicted molar refractivity (Wildman–Crippen MR) is 112 cm³/mol. The van der Waals surface area contributed by atoms with Crippen LogP contribution in [0.25, 0.3) is 0 Å². The summed E-state index contributed by atoms with van der Waals surface area (Å²) in [5.74, 6) is -0.980. The topological polar surface area (TPSA) is 62.1 Å². The number of carbonyl (C=O) groups is 1. The fraction of sp³-hybridized carbons (Fsp3) is 0.200. The maximum Gasteiger partial charge on any atom is 0.344 e. The summed E-state index contributed by atoms with van der Waals surface area (Å²) in [4.78, 5) is 18.8. The number of halogens is 2. The molecule has 2 atom stereocenters. The lowest BCUT2D eigenvalue weighted by Gasteiger charge is -2.29. The first kappa shape index (κ1) is 19.3. The van der Waals surface area contributed by atoms with Crippen LogP contribution in [0.5, 0.6) is 0 Å². The molecule has 0 unspecified atom stereocenters. The average Bonchev–Trinajstić information content (AvgIpc) is 3.21. The molecule has 2 heterocycles. The van der Waals surface area contributed by atoms with Crippen molar-refractivity contribution in [1.82, 2.24) is 4.90 Å². The monoisotopic (exact) mass is 434 g/mol.